The van der Waals surface area contributed by atoms with Crippen molar-refractivity contribution >= 4 is 0 Å². The Balaban J connectivity index is 1.93. The molecule has 0 radical (unpaired) electrons. The molecule has 1 saturated heterocycles. The molecule has 18 heavy (non-hydrogen) atoms. The lowest BCUT2D eigenvalue weighted by Crippen LogP contribution is -2.21. The Morgan fingerprint density at radius 3 is 3.06 bits per heavy atom. The standard InChI is InChI=1S/C14H19FN2O/c1-17-8-9(7-16)6-12(17)10-2-3-13-11(14(10)15)4-5-18-13/h2-3,9,12H,4-8,16H2,1H3. The van der Waals surface area contributed by atoms with Gasteiger partial charge in [0.25, 0.3) is 0 Å². The van der Waals surface area contributed by atoms with E-state index in [0.29, 0.717) is 31.2 Å². The summed E-state index contributed by atoms with van der Waals surface area (Å²) >= 11 is 0. The molecular weight excluding hydrogens is 231 g/mol. The molecule has 1 aromatic rings. The van der Waals surface area contributed by atoms with Crippen molar-refractivity contribution in [3.63, 3.8) is 0 Å². The summed E-state index contributed by atoms with van der Waals surface area (Å²) in [6.07, 6.45) is 1.63. The van der Waals surface area contributed by atoms with Crippen LogP contribution in [0.3, 0.4) is 0 Å². The Bertz CT molecular complexity index is 463. The van der Waals surface area contributed by atoms with E-state index in [1.54, 1.807) is 0 Å². The average Bonchev–Trinajstić information content (AvgIpc) is 2.96. The quantitative estimate of drug-likeness (QED) is 0.868. The molecule has 0 amide bonds. The van der Waals surface area contributed by atoms with E-state index in [1.807, 2.05) is 19.2 Å². The van der Waals surface area contributed by atoms with Crippen LogP contribution < -0.4 is 10.5 Å². The minimum absolute atomic E-state index is 0.0699. The van der Waals surface area contributed by atoms with Gasteiger partial charge in [-0.05, 0) is 32.0 Å². The molecule has 0 aromatic heterocycles. The smallest absolute Gasteiger partial charge is 0.135 e. The SMILES string of the molecule is CN1CC(CN)CC1c1ccc2c(c1F)CCO2. The minimum Gasteiger partial charge on any atom is -0.493 e. The summed E-state index contributed by atoms with van der Waals surface area (Å²) in [7, 11) is 2.05. The van der Waals surface area contributed by atoms with E-state index in [9.17, 15) is 4.39 Å². The van der Waals surface area contributed by atoms with Gasteiger partial charge in [-0.2, -0.15) is 0 Å². The van der Waals surface area contributed by atoms with Crippen LogP contribution in [-0.2, 0) is 6.42 Å². The van der Waals surface area contributed by atoms with Gasteiger partial charge in [0.15, 0.2) is 0 Å². The number of hydrogen-bond donors (Lipinski definition) is 1. The number of likely N-dealkylation sites (tertiary alicyclic amines) is 1. The van der Waals surface area contributed by atoms with E-state index >= 15 is 0 Å². The van der Waals surface area contributed by atoms with Crippen LogP contribution in [0.5, 0.6) is 5.75 Å². The van der Waals surface area contributed by atoms with Gasteiger partial charge >= 0.3 is 0 Å². The van der Waals surface area contributed by atoms with Crippen molar-refractivity contribution in [3.05, 3.63) is 29.1 Å². The van der Waals surface area contributed by atoms with Crippen molar-refractivity contribution in [2.75, 3.05) is 26.7 Å². The number of halogens is 1. The number of fused-ring (bicyclic) bond motifs is 1. The highest BCUT2D eigenvalue weighted by atomic mass is 19.1. The Hall–Kier alpha value is -1.13. The molecule has 2 aliphatic rings. The molecular formula is C14H19FN2O. The fraction of sp³-hybridized carbons (Fsp3) is 0.571. The van der Waals surface area contributed by atoms with Crippen LogP contribution in [0.4, 0.5) is 4.39 Å². The average molecular weight is 250 g/mol. The summed E-state index contributed by atoms with van der Waals surface area (Å²) in [5.74, 6) is 1.12. The summed E-state index contributed by atoms with van der Waals surface area (Å²) in [5, 5.41) is 0. The van der Waals surface area contributed by atoms with Crippen molar-refractivity contribution in [2.24, 2.45) is 11.7 Å². The fourth-order valence-corrected chi connectivity index (χ4v) is 3.15. The predicted octanol–water partition coefficient (Wildman–Crippen LogP) is 1.71. The molecule has 3 rings (SSSR count). The fourth-order valence-electron chi connectivity index (χ4n) is 3.15. The molecule has 0 saturated carbocycles. The van der Waals surface area contributed by atoms with Crippen LogP contribution in [0.15, 0.2) is 12.1 Å². The summed E-state index contributed by atoms with van der Waals surface area (Å²) in [5.41, 5.74) is 7.27. The monoisotopic (exact) mass is 250 g/mol. The zero-order valence-electron chi connectivity index (χ0n) is 10.7. The van der Waals surface area contributed by atoms with Crippen LogP contribution >= 0.6 is 0 Å². The third-order valence-corrected chi connectivity index (χ3v) is 4.17. The first-order chi connectivity index (χ1) is 8.70. The van der Waals surface area contributed by atoms with Crippen molar-refractivity contribution in [3.8, 4) is 5.75 Å². The first-order valence-corrected chi connectivity index (χ1v) is 6.55. The van der Waals surface area contributed by atoms with Crippen molar-refractivity contribution < 1.29 is 9.13 Å². The highest BCUT2D eigenvalue weighted by Gasteiger charge is 2.33. The molecule has 0 bridgehead atoms. The summed E-state index contributed by atoms with van der Waals surface area (Å²) < 4.78 is 19.9. The Kier molecular flexibility index (Phi) is 2.99. The van der Waals surface area contributed by atoms with E-state index in [2.05, 4.69) is 4.90 Å². The van der Waals surface area contributed by atoms with Gasteiger partial charge in [-0.1, -0.05) is 6.07 Å². The third kappa shape index (κ3) is 1.80. The number of benzene rings is 1. The van der Waals surface area contributed by atoms with Crippen molar-refractivity contribution in [2.45, 2.75) is 18.9 Å². The highest BCUT2D eigenvalue weighted by Crippen LogP contribution is 2.38. The predicted molar refractivity (Wildman–Crippen MR) is 68.1 cm³/mol. The number of nitrogens with zero attached hydrogens (tertiary/aromatic N) is 1. The van der Waals surface area contributed by atoms with E-state index in [4.69, 9.17) is 10.5 Å². The lowest BCUT2D eigenvalue weighted by Gasteiger charge is -2.21. The van der Waals surface area contributed by atoms with Gasteiger partial charge in [0.1, 0.15) is 11.6 Å². The number of nitrogens with two attached hydrogens (primary N) is 1. The van der Waals surface area contributed by atoms with Gasteiger partial charge in [0.2, 0.25) is 0 Å². The first kappa shape index (κ1) is 11.9. The lowest BCUT2D eigenvalue weighted by atomic mass is 9.97. The number of hydrogen-bond acceptors (Lipinski definition) is 3. The summed E-state index contributed by atoms with van der Waals surface area (Å²) in [6, 6.07) is 3.94. The van der Waals surface area contributed by atoms with Gasteiger partial charge in [0.05, 0.1) is 6.61 Å². The molecule has 3 nitrogen and oxygen atoms in total. The highest BCUT2D eigenvalue weighted by molar-refractivity contribution is 5.42. The maximum absolute atomic E-state index is 14.5. The summed E-state index contributed by atoms with van der Waals surface area (Å²) in [6.45, 7) is 2.23. The normalized spacial score (nSPS) is 27.3. The van der Waals surface area contributed by atoms with Gasteiger partial charge in [-0.25, -0.2) is 4.39 Å². The molecule has 4 heteroatoms. The van der Waals surface area contributed by atoms with Gasteiger partial charge in [-0.3, -0.25) is 4.90 Å². The van der Waals surface area contributed by atoms with Crippen molar-refractivity contribution in [1.82, 2.24) is 4.90 Å². The summed E-state index contributed by atoms with van der Waals surface area (Å²) in [4.78, 5) is 2.21. The van der Waals surface area contributed by atoms with E-state index in [-0.39, 0.29) is 11.9 Å². The maximum Gasteiger partial charge on any atom is 0.135 e. The number of ether oxygens (including phenoxy) is 1. The van der Waals surface area contributed by atoms with Gasteiger partial charge in [-0.15, -0.1) is 0 Å². The van der Waals surface area contributed by atoms with E-state index < -0.39 is 0 Å². The second-order valence-electron chi connectivity index (χ2n) is 5.34. The van der Waals surface area contributed by atoms with Gasteiger partial charge < -0.3 is 10.5 Å². The van der Waals surface area contributed by atoms with Crippen LogP contribution in [0.1, 0.15) is 23.6 Å². The molecule has 0 aliphatic carbocycles. The zero-order valence-corrected chi connectivity index (χ0v) is 10.7. The molecule has 98 valence electrons. The Morgan fingerprint density at radius 1 is 1.50 bits per heavy atom. The Morgan fingerprint density at radius 2 is 2.33 bits per heavy atom. The topological polar surface area (TPSA) is 38.5 Å². The lowest BCUT2D eigenvalue weighted by molar-refractivity contribution is 0.306. The molecule has 1 fully saturated rings. The number of rotatable bonds is 2. The van der Waals surface area contributed by atoms with Crippen LogP contribution in [0, 0.1) is 11.7 Å². The molecule has 2 aliphatic heterocycles. The molecule has 2 unspecified atom stereocenters. The maximum atomic E-state index is 14.5. The largest absolute Gasteiger partial charge is 0.493 e. The second-order valence-corrected chi connectivity index (χ2v) is 5.34. The van der Waals surface area contributed by atoms with E-state index in [1.165, 1.54) is 0 Å². The molecule has 2 heterocycles. The van der Waals surface area contributed by atoms with Crippen LogP contribution in [0.2, 0.25) is 0 Å². The zero-order chi connectivity index (χ0) is 12.7. The second kappa shape index (κ2) is 4.52. The van der Waals surface area contributed by atoms with Crippen LogP contribution in [-0.4, -0.2) is 31.6 Å². The first-order valence-electron chi connectivity index (χ1n) is 6.55. The molecule has 1 aromatic carbocycles. The minimum atomic E-state index is -0.0699. The molecule has 2 N–H and O–H groups in total. The van der Waals surface area contributed by atoms with E-state index in [0.717, 1.165) is 24.1 Å². The third-order valence-electron chi connectivity index (χ3n) is 4.17. The Labute approximate surface area is 107 Å². The van der Waals surface area contributed by atoms with Crippen LogP contribution in [0.25, 0.3) is 0 Å². The van der Waals surface area contributed by atoms with Gasteiger partial charge in [0, 0.05) is 30.1 Å². The molecule has 2 atom stereocenters. The molecule has 0 spiro atoms. The van der Waals surface area contributed by atoms with Crippen molar-refractivity contribution in [1.29, 1.82) is 0 Å².